The summed E-state index contributed by atoms with van der Waals surface area (Å²) in [7, 11) is -3.74. The van der Waals surface area contributed by atoms with Crippen LogP contribution in [0.3, 0.4) is 0 Å². The molecule has 0 bridgehead atoms. The molecule has 0 atom stereocenters. The van der Waals surface area contributed by atoms with Crippen LogP contribution in [0.4, 0.5) is 5.69 Å². The third-order valence-corrected chi connectivity index (χ3v) is 5.58. The van der Waals surface area contributed by atoms with E-state index in [1.807, 2.05) is 0 Å². The van der Waals surface area contributed by atoms with Gasteiger partial charge < -0.3 is 15.9 Å². The van der Waals surface area contributed by atoms with E-state index in [0.717, 1.165) is 0 Å². The van der Waals surface area contributed by atoms with Crippen LogP contribution in [0, 0.1) is 0 Å². The first kappa shape index (κ1) is 12.5. The lowest BCUT2D eigenvalue weighted by atomic mass is 9.96. The molecule has 1 aliphatic rings. The van der Waals surface area contributed by atoms with Crippen molar-refractivity contribution in [3.63, 3.8) is 0 Å². The molecule has 17 heavy (non-hydrogen) atoms. The highest BCUT2D eigenvalue weighted by Crippen LogP contribution is 2.41. The highest BCUT2D eigenvalue weighted by atomic mass is 35.5. The third-order valence-electron chi connectivity index (χ3n) is 2.91. The average Bonchev–Trinajstić information content (AvgIpc) is 2.19. The van der Waals surface area contributed by atoms with Gasteiger partial charge in [0.1, 0.15) is 4.90 Å². The molecule has 0 radical (unpaired) electrons. The quantitative estimate of drug-likeness (QED) is 0.551. The van der Waals surface area contributed by atoms with E-state index in [1.165, 1.54) is 12.1 Å². The molecule has 0 heterocycles. The lowest BCUT2D eigenvalue weighted by Gasteiger charge is -2.31. The van der Waals surface area contributed by atoms with Gasteiger partial charge in [0, 0.05) is 0 Å². The molecule has 5 nitrogen and oxygen atoms in total. The predicted molar refractivity (Wildman–Crippen MR) is 63.7 cm³/mol. The van der Waals surface area contributed by atoms with Crippen LogP contribution in [0.1, 0.15) is 12.8 Å². The third kappa shape index (κ3) is 1.96. The number of anilines is 1. The predicted octanol–water partition coefficient (Wildman–Crippen LogP) is 0.925. The van der Waals surface area contributed by atoms with Crippen molar-refractivity contribution < 1.29 is 18.6 Å². The zero-order valence-electron chi connectivity index (χ0n) is 8.80. The molecule has 0 saturated heterocycles. The number of halogens is 1. The van der Waals surface area contributed by atoms with Gasteiger partial charge in [0.2, 0.25) is 0 Å². The summed E-state index contributed by atoms with van der Waals surface area (Å²) in [6.07, 6.45) is -0.281. The number of aliphatic hydroxyl groups excluding tert-OH is 1. The molecule has 1 fully saturated rings. The zero-order valence-corrected chi connectivity index (χ0v) is 10.4. The van der Waals surface area contributed by atoms with Crippen molar-refractivity contribution in [1.82, 2.24) is 0 Å². The Morgan fingerprint density at radius 1 is 1.35 bits per heavy atom. The minimum absolute atomic E-state index is 0.0344. The number of rotatable bonds is 2. The van der Waals surface area contributed by atoms with Crippen molar-refractivity contribution in [2.75, 3.05) is 5.73 Å². The minimum Gasteiger partial charge on any atom is -0.504 e. The Balaban J connectivity index is 2.50. The number of sulfone groups is 1. The fraction of sp³-hybridized carbons (Fsp3) is 0.400. The van der Waals surface area contributed by atoms with Crippen molar-refractivity contribution in [3.05, 3.63) is 17.2 Å². The van der Waals surface area contributed by atoms with Gasteiger partial charge in [-0.2, -0.15) is 0 Å². The van der Waals surface area contributed by atoms with Gasteiger partial charge in [-0.3, -0.25) is 0 Å². The molecule has 0 unspecified atom stereocenters. The van der Waals surface area contributed by atoms with Gasteiger partial charge in [-0.05, 0) is 25.0 Å². The highest BCUT2D eigenvalue weighted by molar-refractivity contribution is 7.92. The number of nitrogens with two attached hydrogens (primary N) is 1. The number of phenolic OH excluding ortho intramolecular Hbond substituents is 1. The van der Waals surface area contributed by atoms with E-state index in [-0.39, 0.29) is 28.4 Å². The molecule has 4 N–H and O–H groups in total. The lowest BCUT2D eigenvalue weighted by Crippen LogP contribution is -2.39. The average molecular weight is 278 g/mol. The van der Waals surface area contributed by atoms with Crippen LogP contribution in [0.2, 0.25) is 5.02 Å². The number of benzene rings is 1. The smallest absolute Gasteiger partial charge is 0.186 e. The van der Waals surface area contributed by atoms with Crippen molar-refractivity contribution in [1.29, 1.82) is 0 Å². The molecule has 0 aromatic heterocycles. The van der Waals surface area contributed by atoms with Crippen molar-refractivity contribution >= 4 is 27.1 Å². The number of phenols is 1. The maximum Gasteiger partial charge on any atom is 0.186 e. The van der Waals surface area contributed by atoms with Crippen molar-refractivity contribution in [3.8, 4) is 5.75 Å². The molecule has 94 valence electrons. The summed E-state index contributed by atoms with van der Waals surface area (Å²) >= 11 is 5.79. The van der Waals surface area contributed by atoms with Gasteiger partial charge in [0.05, 0.1) is 22.1 Å². The van der Waals surface area contributed by atoms with Crippen LogP contribution >= 0.6 is 11.6 Å². The molecule has 0 aliphatic heterocycles. The summed E-state index contributed by atoms with van der Waals surface area (Å²) in [5.74, 6) is -0.515. The second kappa shape index (κ2) is 4.04. The number of aliphatic hydroxyl groups is 1. The largest absolute Gasteiger partial charge is 0.504 e. The van der Waals surface area contributed by atoms with E-state index < -0.39 is 26.9 Å². The number of hydrogen-bond donors (Lipinski definition) is 3. The first-order valence-electron chi connectivity index (χ1n) is 5.03. The van der Waals surface area contributed by atoms with Crippen LogP contribution in [0.15, 0.2) is 17.0 Å². The topological polar surface area (TPSA) is 101 Å². The monoisotopic (exact) mass is 277 g/mol. The first-order chi connectivity index (χ1) is 7.84. The van der Waals surface area contributed by atoms with E-state index in [0.29, 0.717) is 0 Å². The molecule has 0 amide bonds. The normalized spacial score (nSPS) is 24.4. The molecule has 1 saturated carbocycles. The molecular formula is C10H12ClNO4S. The van der Waals surface area contributed by atoms with Crippen molar-refractivity contribution in [2.45, 2.75) is 29.1 Å². The van der Waals surface area contributed by atoms with E-state index in [9.17, 15) is 13.5 Å². The van der Waals surface area contributed by atoms with Crippen molar-refractivity contribution in [2.24, 2.45) is 0 Å². The summed E-state index contributed by atoms with van der Waals surface area (Å²) < 4.78 is 24.3. The highest BCUT2D eigenvalue weighted by Gasteiger charge is 2.41. The number of aromatic hydroxyl groups is 1. The molecule has 0 spiro atoms. The second-order valence-electron chi connectivity index (χ2n) is 4.11. The van der Waals surface area contributed by atoms with E-state index in [4.69, 9.17) is 22.4 Å². The molecule has 7 heteroatoms. The Morgan fingerprint density at radius 2 is 1.94 bits per heavy atom. The SMILES string of the molecule is Nc1ccc(Cl)c(S(=O)(=O)[C@H]2C[C@@H](O)C2)c1O. The van der Waals surface area contributed by atoms with Gasteiger partial charge in [-0.15, -0.1) is 0 Å². The summed E-state index contributed by atoms with van der Waals surface area (Å²) in [5.41, 5.74) is 5.42. The van der Waals surface area contributed by atoms with Crippen LogP contribution in [0.5, 0.6) is 5.75 Å². The maximum absolute atomic E-state index is 12.1. The summed E-state index contributed by atoms with van der Waals surface area (Å²) in [6.45, 7) is 0. The van der Waals surface area contributed by atoms with E-state index in [2.05, 4.69) is 0 Å². The van der Waals surface area contributed by atoms with Gasteiger partial charge >= 0.3 is 0 Å². The maximum atomic E-state index is 12.1. The molecule has 1 aromatic carbocycles. The molecule has 1 aliphatic carbocycles. The van der Waals surface area contributed by atoms with E-state index >= 15 is 0 Å². The molecule has 1 aromatic rings. The number of nitrogen functional groups attached to an aromatic ring is 1. The number of hydrogen-bond acceptors (Lipinski definition) is 5. The fourth-order valence-electron chi connectivity index (χ4n) is 1.79. The Morgan fingerprint density at radius 3 is 2.47 bits per heavy atom. The fourth-order valence-corrected chi connectivity index (χ4v) is 4.28. The summed E-state index contributed by atoms with van der Waals surface area (Å²) in [5, 5.41) is 18.1. The Hall–Kier alpha value is -0.980. The summed E-state index contributed by atoms with van der Waals surface area (Å²) in [4.78, 5) is -0.337. The Kier molecular flexibility index (Phi) is 2.97. The van der Waals surface area contributed by atoms with Gasteiger partial charge in [0.25, 0.3) is 0 Å². The lowest BCUT2D eigenvalue weighted by molar-refractivity contribution is 0.0976. The second-order valence-corrected chi connectivity index (χ2v) is 6.68. The molecular weight excluding hydrogens is 266 g/mol. The molecule has 2 rings (SSSR count). The van der Waals surface area contributed by atoms with Gasteiger partial charge in [-0.1, -0.05) is 11.6 Å². The first-order valence-corrected chi connectivity index (χ1v) is 6.95. The van der Waals surface area contributed by atoms with Crippen LogP contribution in [-0.2, 0) is 9.84 Å². The Labute approximate surface area is 104 Å². The van der Waals surface area contributed by atoms with Crippen LogP contribution in [0.25, 0.3) is 0 Å². The van der Waals surface area contributed by atoms with Gasteiger partial charge in [0.15, 0.2) is 15.6 Å². The zero-order chi connectivity index (χ0) is 12.8. The summed E-state index contributed by atoms with van der Waals surface area (Å²) in [6, 6.07) is 2.67. The van der Waals surface area contributed by atoms with Gasteiger partial charge in [-0.25, -0.2) is 8.42 Å². The van der Waals surface area contributed by atoms with Crippen LogP contribution in [-0.4, -0.2) is 30.0 Å². The Bertz CT molecular complexity index is 552. The van der Waals surface area contributed by atoms with E-state index in [1.54, 1.807) is 0 Å². The standard InChI is InChI=1S/C10H12ClNO4S/c11-7-1-2-8(12)9(14)10(7)17(15,16)6-3-5(13)4-6/h1-2,5-6,13-14H,3-4,12H2/t5-,6+. The minimum atomic E-state index is -3.74. The van der Waals surface area contributed by atoms with Crippen LogP contribution < -0.4 is 5.73 Å².